The highest BCUT2D eigenvalue weighted by Gasteiger charge is 2.19. The number of nitrogens with zero attached hydrogens (tertiary/aromatic N) is 2. The molecule has 0 fully saturated rings. The van der Waals surface area contributed by atoms with Gasteiger partial charge in [0.2, 0.25) is 0 Å². The summed E-state index contributed by atoms with van der Waals surface area (Å²) in [5.41, 5.74) is 2.36. The van der Waals surface area contributed by atoms with Gasteiger partial charge in [0, 0.05) is 22.5 Å². The van der Waals surface area contributed by atoms with Crippen molar-refractivity contribution in [2.75, 3.05) is 10.0 Å². The molecule has 4 aromatic rings. The summed E-state index contributed by atoms with van der Waals surface area (Å²) in [4.78, 5) is 17.0. The number of aromatic nitrogens is 3. The van der Waals surface area contributed by atoms with Gasteiger partial charge in [-0.05, 0) is 80.1 Å². The Kier molecular flexibility index (Phi) is 5.93. The number of aryl methyl sites for hydroxylation is 2. The summed E-state index contributed by atoms with van der Waals surface area (Å²) in [7, 11) is -3.98. The number of H-pyrrole nitrogens is 1. The number of nitrogens with one attached hydrogen (secondary N) is 3. The number of carbonyl (C=O) groups excluding carboxylic acids is 1. The summed E-state index contributed by atoms with van der Waals surface area (Å²) < 4.78 is 41.0. The highest BCUT2D eigenvalue weighted by molar-refractivity contribution is 7.92. The van der Waals surface area contributed by atoms with E-state index in [4.69, 9.17) is 0 Å². The number of benzene rings is 3. The third kappa shape index (κ3) is 5.07. The van der Waals surface area contributed by atoms with Gasteiger partial charge in [0.1, 0.15) is 11.6 Å². The Morgan fingerprint density at radius 1 is 0.939 bits per heavy atom. The van der Waals surface area contributed by atoms with Crippen LogP contribution in [0.4, 0.5) is 15.8 Å². The molecule has 1 amide bonds. The number of sulfonamides is 1. The predicted octanol–water partition coefficient (Wildman–Crippen LogP) is 4.28. The number of anilines is 2. The zero-order valence-electron chi connectivity index (χ0n) is 17.8. The number of halogens is 1. The Labute approximate surface area is 190 Å². The standard InChI is InChI=1S/C23H20FN5O3S/c1-14-3-12-20(33(31,32)29-19-10-6-17(24)7-11-19)13-21(14)23(30)26-18-8-4-16(5-9-18)22-25-15(2)27-28-22/h3-13,29H,1-2H3,(H,26,30)(H,25,27,28). The number of aromatic amines is 1. The van der Waals surface area contributed by atoms with Gasteiger partial charge in [-0.15, -0.1) is 0 Å². The second-order valence-electron chi connectivity index (χ2n) is 7.37. The van der Waals surface area contributed by atoms with Crippen molar-refractivity contribution in [3.05, 3.63) is 89.5 Å². The number of amides is 1. The summed E-state index contributed by atoms with van der Waals surface area (Å²) in [5.74, 6) is 0.318. The maximum absolute atomic E-state index is 13.1. The van der Waals surface area contributed by atoms with Crippen molar-refractivity contribution in [1.29, 1.82) is 0 Å². The van der Waals surface area contributed by atoms with Gasteiger partial charge in [0.25, 0.3) is 15.9 Å². The topological polar surface area (TPSA) is 117 Å². The van der Waals surface area contributed by atoms with Gasteiger partial charge in [-0.2, -0.15) is 5.10 Å². The van der Waals surface area contributed by atoms with Crippen LogP contribution >= 0.6 is 0 Å². The van der Waals surface area contributed by atoms with Crippen molar-refractivity contribution in [3.63, 3.8) is 0 Å². The zero-order chi connectivity index (χ0) is 23.6. The number of hydrogen-bond acceptors (Lipinski definition) is 5. The molecule has 3 aromatic carbocycles. The van der Waals surface area contributed by atoms with E-state index in [0.29, 0.717) is 22.9 Å². The van der Waals surface area contributed by atoms with Crippen LogP contribution < -0.4 is 10.0 Å². The van der Waals surface area contributed by atoms with E-state index in [1.807, 2.05) is 0 Å². The molecular weight excluding hydrogens is 445 g/mol. The van der Waals surface area contributed by atoms with Crippen molar-refractivity contribution < 1.29 is 17.6 Å². The fourth-order valence-electron chi connectivity index (χ4n) is 3.12. The molecule has 33 heavy (non-hydrogen) atoms. The third-order valence-electron chi connectivity index (χ3n) is 4.86. The first-order valence-corrected chi connectivity index (χ1v) is 11.4. The molecule has 0 saturated carbocycles. The Morgan fingerprint density at radius 3 is 2.24 bits per heavy atom. The average Bonchev–Trinajstić information content (AvgIpc) is 3.22. The Morgan fingerprint density at radius 2 is 1.61 bits per heavy atom. The van der Waals surface area contributed by atoms with Gasteiger partial charge in [0.05, 0.1) is 4.90 Å². The monoisotopic (exact) mass is 465 g/mol. The van der Waals surface area contributed by atoms with Gasteiger partial charge < -0.3 is 5.32 Å². The molecule has 10 heteroatoms. The molecule has 8 nitrogen and oxygen atoms in total. The molecule has 0 bridgehead atoms. The van der Waals surface area contributed by atoms with Crippen LogP contribution in [0.1, 0.15) is 21.7 Å². The molecule has 0 spiro atoms. The number of hydrogen-bond donors (Lipinski definition) is 3. The summed E-state index contributed by atoms with van der Waals surface area (Å²) in [5, 5.41) is 9.65. The minimum absolute atomic E-state index is 0.0853. The van der Waals surface area contributed by atoms with Crippen LogP contribution in [0.15, 0.2) is 71.6 Å². The van der Waals surface area contributed by atoms with Crippen molar-refractivity contribution in [2.24, 2.45) is 0 Å². The molecule has 4 rings (SSSR count). The molecular formula is C23H20FN5O3S. The summed E-state index contributed by atoms with van der Waals surface area (Å²) in [6, 6.07) is 16.2. The van der Waals surface area contributed by atoms with Crippen LogP contribution in [0.5, 0.6) is 0 Å². The minimum Gasteiger partial charge on any atom is -0.322 e. The zero-order valence-corrected chi connectivity index (χ0v) is 18.6. The smallest absolute Gasteiger partial charge is 0.261 e. The van der Waals surface area contributed by atoms with E-state index < -0.39 is 21.7 Å². The SMILES string of the molecule is Cc1nc(-c2ccc(NC(=O)c3cc(S(=O)(=O)Nc4ccc(F)cc4)ccc3C)cc2)n[nH]1. The van der Waals surface area contributed by atoms with Crippen LogP contribution in [0.25, 0.3) is 11.4 Å². The maximum atomic E-state index is 13.1. The molecule has 1 aromatic heterocycles. The molecule has 0 atom stereocenters. The van der Waals surface area contributed by atoms with Gasteiger partial charge in [0.15, 0.2) is 5.82 Å². The minimum atomic E-state index is -3.98. The number of carbonyl (C=O) groups is 1. The molecule has 168 valence electrons. The van der Waals surface area contributed by atoms with Crippen molar-refractivity contribution in [2.45, 2.75) is 18.7 Å². The molecule has 0 radical (unpaired) electrons. The quantitative estimate of drug-likeness (QED) is 0.393. The highest BCUT2D eigenvalue weighted by Crippen LogP contribution is 2.22. The van der Waals surface area contributed by atoms with E-state index in [9.17, 15) is 17.6 Å². The van der Waals surface area contributed by atoms with Crippen molar-refractivity contribution in [1.82, 2.24) is 15.2 Å². The van der Waals surface area contributed by atoms with Gasteiger partial charge in [-0.1, -0.05) is 6.07 Å². The summed E-state index contributed by atoms with van der Waals surface area (Å²) in [6.45, 7) is 3.52. The fraction of sp³-hybridized carbons (Fsp3) is 0.0870. The second-order valence-corrected chi connectivity index (χ2v) is 9.05. The molecule has 3 N–H and O–H groups in total. The van der Waals surface area contributed by atoms with Crippen molar-refractivity contribution in [3.8, 4) is 11.4 Å². The van der Waals surface area contributed by atoms with E-state index in [1.54, 1.807) is 44.2 Å². The van der Waals surface area contributed by atoms with Crippen LogP contribution in [0.3, 0.4) is 0 Å². The van der Waals surface area contributed by atoms with Crippen LogP contribution in [-0.4, -0.2) is 29.5 Å². The van der Waals surface area contributed by atoms with Crippen LogP contribution in [-0.2, 0) is 10.0 Å². The average molecular weight is 466 g/mol. The lowest BCUT2D eigenvalue weighted by Crippen LogP contribution is -2.17. The van der Waals surface area contributed by atoms with Crippen molar-refractivity contribution >= 4 is 27.3 Å². The lowest BCUT2D eigenvalue weighted by molar-refractivity contribution is 0.102. The fourth-order valence-corrected chi connectivity index (χ4v) is 4.20. The van der Waals surface area contributed by atoms with Crippen LogP contribution in [0, 0.1) is 19.7 Å². The molecule has 0 unspecified atom stereocenters. The van der Waals surface area contributed by atoms with E-state index in [-0.39, 0.29) is 16.1 Å². The normalized spacial score (nSPS) is 11.2. The first-order chi connectivity index (χ1) is 15.7. The summed E-state index contributed by atoms with van der Waals surface area (Å²) in [6.07, 6.45) is 0. The Hall–Kier alpha value is -4.05. The first-order valence-electron chi connectivity index (χ1n) is 9.91. The van der Waals surface area contributed by atoms with Crippen LogP contribution in [0.2, 0.25) is 0 Å². The Bertz CT molecular complexity index is 1420. The maximum Gasteiger partial charge on any atom is 0.261 e. The molecule has 1 heterocycles. The van der Waals surface area contributed by atoms with E-state index in [1.165, 1.54) is 24.3 Å². The van der Waals surface area contributed by atoms with Gasteiger partial charge in [-0.3, -0.25) is 14.6 Å². The highest BCUT2D eigenvalue weighted by atomic mass is 32.2. The molecule has 0 aliphatic rings. The van der Waals surface area contributed by atoms with E-state index >= 15 is 0 Å². The number of rotatable bonds is 6. The molecule has 0 aliphatic carbocycles. The van der Waals surface area contributed by atoms with E-state index in [0.717, 1.165) is 17.7 Å². The lowest BCUT2D eigenvalue weighted by Gasteiger charge is -2.12. The predicted molar refractivity (Wildman–Crippen MR) is 123 cm³/mol. The first kappa shape index (κ1) is 22.2. The second kappa shape index (κ2) is 8.83. The third-order valence-corrected chi connectivity index (χ3v) is 6.24. The van der Waals surface area contributed by atoms with Gasteiger partial charge in [-0.25, -0.2) is 17.8 Å². The van der Waals surface area contributed by atoms with Gasteiger partial charge >= 0.3 is 0 Å². The van der Waals surface area contributed by atoms with E-state index in [2.05, 4.69) is 25.2 Å². The molecule has 0 aliphatic heterocycles. The Balaban J connectivity index is 1.53. The summed E-state index contributed by atoms with van der Waals surface area (Å²) >= 11 is 0. The largest absolute Gasteiger partial charge is 0.322 e. The lowest BCUT2D eigenvalue weighted by atomic mass is 10.1. The molecule has 0 saturated heterocycles.